The van der Waals surface area contributed by atoms with Crippen LogP contribution in [-0.4, -0.2) is 38.6 Å². The Kier molecular flexibility index (Phi) is 4.42. The molecule has 0 spiro atoms. The molecule has 3 atom stereocenters. The lowest BCUT2D eigenvalue weighted by atomic mass is 9.98. The van der Waals surface area contributed by atoms with Crippen LogP contribution in [0.4, 0.5) is 0 Å². The van der Waals surface area contributed by atoms with Crippen molar-refractivity contribution in [3.05, 3.63) is 35.4 Å². The molecule has 116 valence electrons. The number of hydrogen-bond donors (Lipinski definition) is 1. The highest BCUT2D eigenvalue weighted by atomic mass is 32.2. The first-order valence-corrected chi connectivity index (χ1v) is 9.21. The molecule has 1 fully saturated rings. The average Bonchev–Trinajstić information content (AvgIpc) is 3.10. The van der Waals surface area contributed by atoms with Crippen molar-refractivity contribution in [2.45, 2.75) is 24.5 Å². The van der Waals surface area contributed by atoms with E-state index in [0.717, 1.165) is 12.0 Å². The molecule has 0 bridgehead atoms. The smallest absolute Gasteiger partial charge is 0.152 e. The highest BCUT2D eigenvalue weighted by molar-refractivity contribution is 7.92. The second kappa shape index (κ2) is 5.66. The molecule has 2 rings (SSSR count). The fourth-order valence-electron chi connectivity index (χ4n) is 3.24. The lowest BCUT2D eigenvalue weighted by molar-refractivity contribution is 0.166. The fourth-order valence-corrected chi connectivity index (χ4v) is 5.55. The van der Waals surface area contributed by atoms with Gasteiger partial charge in [-0.05, 0) is 17.5 Å². The maximum atomic E-state index is 12.1. The van der Waals surface area contributed by atoms with E-state index in [4.69, 9.17) is 22.7 Å². The number of hydrogen-bond acceptors (Lipinski definition) is 4. The van der Waals surface area contributed by atoms with Crippen molar-refractivity contribution in [3.8, 4) is 0 Å². The van der Waals surface area contributed by atoms with Gasteiger partial charge in [-0.1, -0.05) is 43.4 Å². The molecule has 0 aromatic heterocycles. The van der Waals surface area contributed by atoms with Crippen LogP contribution in [-0.2, 0) is 21.0 Å². The molecule has 0 unspecified atom stereocenters. The van der Waals surface area contributed by atoms with Crippen molar-refractivity contribution < 1.29 is 13.2 Å². The first-order valence-electron chi connectivity index (χ1n) is 6.85. The summed E-state index contributed by atoms with van der Waals surface area (Å²) in [6, 6.07) is 7.98. The van der Waals surface area contributed by atoms with Gasteiger partial charge < -0.3 is 10.5 Å². The van der Waals surface area contributed by atoms with Crippen LogP contribution >= 0.6 is 12.2 Å². The van der Waals surface area contributed by atoms with E-state index in [9.17, 15) is 8.42 Å². The zero-order valence-electron chi connectivity index (χ0n) is 12.5. The average molecular weight is 327 g/mol. The molecular weight excluding hydrogens is 306 g/mol. The number of methoxy groups -OCH3 is 1. The minimum atomic E-state index is -3.26. The first-order chi connectivity index (χ1) is 9.79. The summed E-state index contributed by atoms with van der Waals surface area (Å²) >= 11 is 5.16. The number of benzene rings is 1. The lowest BCUT2D eigenvalue weighted by Gasteiger charge is -2.15. The van der Waals surface area contributed by atoms with Gasteiger partial charge in [0.2, 0.25) is 0 Å². The zero-order valence-corrected chi connectivity index (χ0v) is 14.1. The fraction of sp³-hybridized carbons (Fsp3) is 0.533. The maximum absolute atomic E-state index is 12.1. The van der Waals surface area contributed by atoms with Crippen molar-refractivity contribution in [2.24, 2.45) is 11.1 Å². The summed E-state index contributed by atoms with van der Waals surface area (Å²) in [5.41, 5.74) is 7.25. The van der Waals surface area contributed by atoms with Gasteiger partial charge in [-0.3, -0.25) is 0 Å². The van der Waals surface area contributed by atoms with Crippen LogP contribution < -0.4 is 5.73 Å². The van der Waals surface area contributed by atoms with E-state index >= 15 is 0 Å². The van der Waals surface area contributed by atoms with Crippen LogP contribution in [0.15, 0.2) is 24.3 Å². The van der Waals surface area contributed by atoms with E-state index in [2.05, 4.69) is 6.92 Å². The van der Waals surface area contributed by atoms with Crippen molar-refractivity contribution in [2.75, 3.05) is 20.0 Å². The summed E-state index contributed by atoms with van der Waals surface area (Å²) in [5, 5.41) is -0.602. The van der Waals surface area contributed by atoms with E-state index < -0.39 is 20.5 Å². The standard InChI is InChI=1S/C15H21NO3S2/c1-4-10-5-7-11(8-6-10)12-13(21(3,17)18)15(12,9-19-2)14(16)20/h5-8,12-13H,4,9H2,1-3H3,(H2,16,20)/t12-,13+,15-/m1/s1. The Morgan fingerprint density at radius 3 is 2.33 bits per heavy atom. The number of thiocarbonyl (C=S) groups is 1. The second-order valence-corrected chi connectivity index (χ2v) is 8.27. The third-order valence-corrected chi connectivity index (χ3v) is 6.30. The van der Waals surface area contributed by atoms with Gasteiger partial charge in [-0.25, -0.2) is 8.42 Å². The zero-order chi connectivity index (χ0) is 15.8. The minimum Gasteiger partial charge on any atom is -0.393 e. The van der Waals surface area contributed by atoms with Gasteiger partial charge >= 0.3 is 0 Å². The predicted octanol–water partition coefficient (Wildman–Crippen LogP) is 1.68. The maximum Gasteiger partial charge on any atom is 0.152 e. The van der Waals surface area contributed by atoms with Gasteiger partial charge in [-0.2, -0.15) is 0 Å². The van der Waals surface area contributed by atoms with E-state index in [1.807, 2.05) is 24.3 Å². The van der Waals surface area contributed by atoms with Crippen LogP contribution in [0.3, 0.4) is 0 Å². The lowest BCUT2D eigenvalue weighted by Crippen LogP contribution is -2.32. The molecule has 4 nitrogen and oxygen atoms in total. The Morgan fingerprint density at radius 2 is 1.95 bits per heavy atom. The van der Waals surface area contributed by atoms with Crippen LogP contribution in [0.2, 0.25) is 0 Å². The van der Waals surface area contributed by atoms with E-state index in [0.29, 0.717) is 0 Å². The molecule has 0 radical (unpaired) electrons. The quantitative estimate of drug-likeness (QED) is 0.805. The number of nitrogens with two attached hydrogens (primary N) is 1. The third kappa shape index (κ3) is 2.72. The van der Waals surface area contributed by atoms with Crippen LogP contribution in [0.5, 0.6) is 0 Å². The summed E-state index contributed by atoms with van der Waals surface area (Å²) in [4.78, 5) is 0.212. The van der Waals surface area contributed by atoms with Crippen LogP contribution in [0, 0.1) is 5.41 Å². The number of rotatable bonds is 6. The summed E-state index contributed by atoms with van der Waals surface area (Å²) < 4.78 is 29.5. The summed E-state index contributed by atoms with van der Waals surface area (Å²) in [7, 11) is -1.73. The molecule has 1 aliphatic carbocycles. The molecule has 0 amide bonds. The molecule has 0 heterocycles. The highest BCUT2D eigenvalue weighted by Crippen LogP contribution is 2.63. The van der Waals surface area contributed by atoms with Gasteiger partial charge in [0.05, 0.1) is 22.3 Å². The summed E-state index contributed by atoms with van der Waals surface area (Å²) in [6.07, 6.45) is 2.18. The Labute approximate surface area is 131 Å². The molecule has 1 aliphatic rings. The molecule has 1 aromatic rings. The Balaban J connectivity index is 2.46. The highest BCUT2D eigenvalue weighted by Gasteiger charge is 2.71. The molecule has 0 saturated heterocycles. The second-order valence-electron chi connectivity index (χ2n) is 5.66. The van der Waals surface area contributed by atoms with Gasteiger partial charge in [0, 0.05) is 19.3 Å². The van der Waals surface area contributed by atoms with Gasteiger partial charge in [0.25, 0.3) is 0 Å². The van der Waals surface area contributed by atoms with Crippen molar-refractivity contribution >= 4 is 27.0 Å². The number of aryl methyl sites for hydroxylation is 1. The molecule has 1 saturated carbocycles. The molecule has 6 heteroatoms. The van der Waals surface area contributed by atoms with Crippen molar-refractivity contribution in [1.29, 1.82) is 0 Å². The van der Waals surface area contributed by atoms with Gasteiger partial charge in [-0.15, -0.1) is 0 Å². The van der Waals surface area contributed by atoms with Crippen molar-refractivity contribution in [1.82, 2.24) is 0 Å². The van der Waals surface area contributed by atoms with Gasteiger partial charge in [0.1, 0.15) is 0 Å². The molecular formula is C15H21NO3S2. The Bertz CT molecular complexity index is 639. The SMILES string of the molecule is CCc1ccc([C@@H]2[C@H](S(C)(=O)=O)[C@]2(COC)C(N)=S)cc1. The monoisotopic (exact) mass is 327 g/mol. The first kappa shape index (κ1) is 16.4. The predicted molar refractivity (Wildman–Crippen MR) is 88.3 cm³/mol. The topological polar surface area (TPSA) is 69.4 Å². The van der Waals surface area contributed by atoms with Crippen LogP contribution in [0.25, 0.3) is 0 Å². The molecule has 21 heavy (non-hydrogen) atoms. The van der Waals surface area contributed by atoms with E-state index in [-0.39, 0.29) is 17.5 Å². The van der Waals surface area contributed by atoms with Crippen molar-refractivity contribution in [3.63, 3.8) is 0 Å². The number of ether oxygens (including phenoxy) is 1. The summed E-state index contributed by atoms with van der Waals surface area (Å²) in [6.45, 7) is 2.30. The molecule has 2 N–H and O–H groups in total. The van der Waals surface area contributed by atoms with Crippen LogP contribution in [0.1, 0.15) is 24.0 Å². The normalized spacial score (nSPS) is 28.3. The minimum absolute atomic E-state index is 0.212. The number of sulfone groups is 1. The largest absolute Gasteiger partial charge is 0.393 e. The Morgan fingerprint density at radius 1 is 1.38 bits per heavy atom. The van der Waals surface area contributed by atoms with E-state index in [1.165, 1.54) is 18.9 Å². The van der Waals surface area contributed by atoms with Gasteiger partial charge in [0.15, 0.2) is 9.84 Å². The Hall–Kier alpha value is -0.980. The summed E-state index contributed by atoms with van der Waals surface area (Å²) in [5.74, 6) is -0.226. The molecule has 0 aliphatic heterocycles. The molecule has 1 aromatic carbocycles. The third-order valence-electron chi connectivity index (χ3n) is 4.31. The van der Waals surface area contributed by atoms with E-state index in [1.54, 1.807) is 0 Å².